The normalized spacial score (nSPS) is 10.0. The number of methoxy groups -OCH3 is 1. The molecule has 0 radical (unpaired) electrons. The molecule has 0 saturated heterocycles. The average molecular weight is 190 g/mol. The Morgan fingerprint density at radius 3 is 3.18 bits per heavy atom. The second-order valence-electron chi connectivity index (χ2n) is 1.84. The second kappa shape index (κ2) is 4.59. The van der Waals surface area contributed by atoms with E-state index >= 15 is 0 Å². The summed E-state index contributed by atoms with van der Waals surface area (Å²) in [6.07, 6.45) is 1.71. The number of nitrogens with zero attached hydrogens (tertiary/aromatic N) is 1. The van der Waals surface area contributed by atoms with Crippen molar-refractivity contribution in [1.29, 1.82) is 0 Å². The minimum absolute atomic E-state index is 0.580. The first-order valence-corrected chi connectivity index (χ1v) is 4.43. The molecule has 0 aliphatic carbocycles. The predicted octanol–water partition coefficient (Wildman–Crippen LogP) is 2.43. The molecule has 0 bridgehead atoms. The van der Waals surface area contributed by atoms with E-state index in [0.717, 1.165) is 5.03 Å². The van der Waals surface area contributed by atoms with Crippen LogP contribution < -0.4 is 0 Å². The number of hydrogen-bond donors (Lipinski definition) is 0. The molecule has 0 fully saturated rings. The van der Waals surface area contributed by atoms with Crippen LogP contribution in [-0.4, -0.2) is 18.0 Å². The first-order chi connectivity index (χ1) is 5.34. The fraction of sp³-hybridized carbons (Fsp3) is 0.286. The van der Waals surface area contributed by atoms with Crippen molar-refractivity contribution in [3.05, 3.63) is 23.4 Å². The molecule has 11 heavy (non-hydrogen) atoms. The molecule has 60 valence electrons. The van der Waals surface area contributed by atoms with E-state index < -0.39 is 0 Å². The van der Waals surface area contributed by atoms with Crippen LogP contribution in [0, 0.1) is 0 Å². The second-order valence-corrected chi connectivity index (χ2v) is 3.16. The molecule has 4 heteroatoms. The van der Waals surface area contributed by atoms with Gasteiger partial charge in [0.05, 0.1) is 11.0 Å². The fourth-order valence-corrected chi connectivity index (χ4v) is 1.45. The molecule has 0 aromatic carbocycles. The van der Waals surface area contributed by atoms with Crippen LogP contribution in [0.2, 0.25) is 5.02 Å². The SMILES string of the molecule is COCSc1ncccc1Cl. The smallest absolute Gasteiger partial charge is 0.117 e. The monoisotopic (exact) mass is 189 g/mol. The zero-order chi connectivity index (χ0) is 8.10. The van der Waals surface area contributed by atoms with Crippen molar-refractivity contribution in [2.45, 2.75) is 5.03 Å². The molecule has 1 aromatic rings. The maximum atomic E-state index is 5.82. The molecule has 0 saturated carbocycles. The Bertz CT molecular complexity index is 231. The molecule has 0 atom stereocenters. The van der Waals surface area contributed by atoms with Gasteiger partial charge in [-0.1, -0.05) is 23.4 Å². The highest BCUT2D eigenvalue weighted by Crippen LogP contribution is 2.23. The Morgan fingerprint density at radius 2 is 2.55 bits per heavy atom. The Balaban J connectivity index is 2.62. The standard InChI is InChI=1S/C7H8ClNOS/c1-10-5-11-7-6(8)3-2-4-9-7/h2-4H,5H2,1H3. The minimum Gasteiger partial charge on any atom is -0.374 e. The molecule has 0 unspecified atom stereocenters. The lowest BCUT2D eigenvalue weighted by Gasteiger charge is -1.99. The Labute approximate surface area is 74.9 Å². The molecule has 0 aliphatic rings. The third-order valence-electron chi connectivity index (χ3n) is 1.04. The molecular weight excluding hydrogens is 182 g/mol. The zero-order valence-electron chi connectivity index (χ0n) is 6.08. The third kappa shape index (κ3) is 2.69. The minimum atomic E-state index is 0.580. The van der Waals surface area contributed by atoms with Gasteiger partial charge in [0, 0.05) is 13.3 Å². The van der Waals surface area contributed by atoms with Gasteiger partial charge in [-0.2, -0.15) is 0 Å². The number of halogens is 1. The number of aromatic nitrogens is 1. The highest BCUT2D eigenvalue weighted by Gasteiger charge is 1.98. The van der Waals surface area contributed by atoms with Gasteiger partial charge in [0.25, 0.3) is 0 Å². The van der Waals surface area contributed by atoms with Gasteiger partial charge >= 0.3 is 0 Å². The fourth-order valence-electron chi connectivity index (χ4n) is 0.592. The van der Waals surface area contributed by atoms with Crippen molar-refractivity contribution in [2.24, 2.45) is 0 Å². The summed E-state index contributed by atoms with van der Waals surface area (Å²) in [7, 11) is 1.64. The first kappa shape index (κ1) is 8.84. The largest absolute Gasteiger partial charge is 0.374 e. The van der Waals surface area contributed by atoms with E-state index in [0.29, 0.717) is 11.0 Å². The maximum absolute atomic E-state index is 5.82. The highest BCUT2D eigenvalue weighted by molar-refractivity contribution is 7.99. The number of ether oxygens (including phenoxy) is 1. The van der Waals surface area contributed by atoms with Crippen molar-refractivity contribution in [1.82, 2.24) is 4.98 Å². The van der Waals surface area contributed by atoms with E-state index in [4.69, 9.17) is 16.3 Å². The predicted molar refractivity (Wildman–Crippen MR) is 47.0 cm³/mol. The first-order valence-electron chi connectivity index (χ1n) is 3.07. The molecule has 0 spiro atoms. The highest BCUT2D eigenvalue weighted by atomic mass is 35.5. The lowest BCUT2D eigenvalue weighted by atomic mass is 10.5. The Hall–Kier alpha value is -0.250. The summed E-state index contributed by atoms with van der Waals surface area (Å²) in [6.45, 7) is 0. The summed E-state index contributed by atoms with van der Waals surface area (Å²) in [4.78, 5) is 4.07. The van der Waals surface area contributed by atoms with E-state index in [-0.39, 0.29) is 0 Å². The van der Waals surface area contributed by atoms with Gasteiger partial charge in [-0.05, 0) is 12.1 Å². The van der Waals surface area contributed by atoms with Gasteiger partial charge < -0.3 is 4.74 Å². The van der Waals surface area contributed by atoms with Crippen LogP contribution >= 0.6 is 23.4 Å². The van der Waals surface area contributed by atoms with Crippen molar-refractivity contribution < 1.29 is 4.74 Å². The van der Waals surface area contributed by atoms with E-state index in [2.05, 4.69) is 4.98 Å². The van der Waals surface area contributed by atoms with E-state index in [1.807, 2.05) is 6.07 Å². The lowest BCUT2D eigenvalue weighted by Crippen LogP contribution is -1.84. The Kier molecular flexibility index (Phi) is 3.69. The van der Waals surface area contributed by atoms with Gasteiger partial charge in [-0.15, -0.1) is 0 Å². The van der Waals surface area contributed by atoms with Crippen LogP contribution in [0.15, 0.2) is 23.4 Å². The average Bonchev–Trinajstić information content (AvgIpc) is 2.03. The van der Waals surface area contributed by atoms with Gasteiger partial charge in [-0.25, -0.2) is 4.98 Å². The summed E-state index contributed by atoms with van der Waals surface area (Å²) in [6, 6.07) is 3.62. The van der Waals surface area contributed by atoms with E-state index in [1.54, 1.807) is 19.4 Å². The quantitative estimate of drug-likeness (QED) is 0.539. The van der Waals surface area contributed by atoms with E-state index in [9.17, 15) is 0 Å². The van der Waals surface area contributed by atoms with E-state index in [1.165, 1.54) is 11.8 Å². The number of thioether (sulfide) groups is 1. The van der Waals surface area contributed by atoms with Crippen molar-refractivity contribution >= 4 is 23.4 Å². The molecule has 0 aliphatic heterocycles. The molecule has 1 rings (SSSR count). The van der Waals surface area contributed by atoms with Crippen LogP contribution in [0.25, 0.3) is 0 Å². The number of pyridine rings is 1. The van der Waals surface area contributed by atoms with Crippen LogP contribution in [0.4, 0.5) is 0 Å². The molecule has 2 nitrogen and oxygen atoms in total. The number of hydrogen-bond acceptors (Lipinski definition) is 3. The summed E-state index contributed by atoms with van der Waals surface area (Å²) in [5.41, 5.74) is 0. The molecule has 0 amide bonds. The number of rotatable bonds is 3. The van der Waals surface area contributed by atoms with Crippen LogP contribution in [0.3, 0.4) is 0 Å². The van der Waals surface area contributed by atoms with Crippen molar-refractivity contribution in [3.8, 4) is 0 Å². The van der Waals surface area contributed by atoms with Gasteiger partial charge in [0.15, 0.2) is 0 Å². The zero-order valence-corrected chi connectivity index (χ0v) is 7.65. The van der Waals surface area contributed by atoms with Gasteiger partial charge in [0.1, 0.15) is 5.03 Å². The summed E-state index contributed by atoms with van der Waals surface area (Å²) in [5, 5.41) is 1.49. The maximum Gasteiger partial charge on any atom is 0.117 e. The van der Waals surface area contributed by atoms with Crippen molar-refractivity contribution in [3.63, 3.8) is 0 Å². The van der Waals surface area contributed by atoms with Crippen LogP contribution in [0.5, 0.6) is 0 Å². The third-order valence-corrected chi connectivity index (χ3v) is 2.41. The van der Waals surface area contributed by atoms with Gasteiger partial charge in [-0.3, -0.25) is 0 Å². The van der Waals surface area contributed by atoms with Gasteiger partial charge in [0.2, 0.25) is 0 Å². The Morgan fingerprint density at radius 1 is 1.73 bits per heavy atom. The molecule has 1 aromatic heterocycles. The van der Waals surface area contributed by atoms with Crippen LogP contribution in [0.1, 0.15) is 0 Å². The summed E-state index contributed by atoms with van der Waals surface area (Å²) < 4.78 is 4.87. The topological polar surface area (TPSA) is 22.1 Å². The molecular formula is C7H8ClNOS. The molecule has 1 heterocycles. The summed E-state index contributed by atoms with van der Waals surface area (Å²) in [5.74, 6) is 0.580. The lowest BCUT2D eigenvalue weighted by molar-refractivity contribution is 0.258. The summed E-state index contributed by atoms with van der Waals surface area (Å²) >= 11 is 7.30. The van der Waals surface area contributed by atoms with Crippen LogP contribution in [-0.2, 0) is 4.74 Å². The molecule has 0 N–H and O–H groups in total. The van der Waals surface area contributed by atoms with Crippen molar-refractivity contribution in [2.75, 3.05) is 13.0 Å².